The molecule has 0 aliphatic rings. The summed E-state index contributed by atoms with van der Waals surface area (Å²) >= 11 is 0. The van der Waals surface area contributed by atoms with Crippen LogP contribution in [0.4, 0.5) is 0 Å². The summed E-state index contributed by atoms with van der Waals surface area (Å²) in [5.41, 5.74) is 12.4. The molecule has 0 spiro atoms. The molecule has 0 N–H and O–H groups in total. The second kappa shape index (κ2) is 12.4. The topological polar surface area (TPSA) is 75.5 Å². The Morgan fingerprint density at radius 2 is 1.11 bits per heavy atom. The first kappa shape index (κ1) is 32.6. The number of aryl methyl sites for hydroxylation is 1. The molecule has 0 saturated heterocycles. The number of nitriles is 2. The van der Waals surface area contributed by atoms with Crippen LogP contribution < -0.4 is 0 Å². The van der Waals surface area contributed by atoms with Crippen LogP contribution in [0.15, 0.2) is 150 Å². The fourth-order valence-corrected chi connectivity index (χ4v) is 9.28. The first-order valence-electron chi connectivity index (χ1n) is 19.2. The Kier molecular flexibility index (Phi) is 7.07. The Morgan fingerprint density at radius 3 is 1.75 bits per heavy atom. The minimum Gasteiger partial charge on any atom is -0.455 e. The molecular formula is C51H33N5O. The van der Waals surface area contributed by atoms with E-state index in [-0.39, 0.29) is 0 Å². The third-order valence-corrected chi connectivity index (χ3v) is 11.6. The molecule has 7 aromatic carbocycles. The Bertz CT molecular complexity index is 3560. The number of nitrogens with zero attached hydrogens (tertiary/aromatic N) is 5. The molecule has 57 heavy (non-hydrogen) atoms. The van der Waals surface area contributed by atoms with E-state index in [1.54, 1.807) is 0 Å². The maximum atomic E-state index is 10.5. The molecule has 0 saturated carbocycles. The number of allylic oxidation sites excluding steroid dienone is 1. The van der Waals surface area contributed by atoms with Gasteiger partial charge in [-0.3, -0.25) is 0 Å². The Balaban J connectivity index is 1.32. The summed E-state index contributed by atoms with van der Waals surface area (Å²) in [5.74, 6) is 0. The highest BCUT2D eigenvalue weighted by molar-refractivity contribution is 6.24. The lowest BCUT2D eigenvalue weighted by molar-refractivity contribution is 0.673. The lowest BCUT2D eigenvalue weighted by Crippen LogP contribution is -2.07. The van der Waals surface area contributed by atoms with Gasteiger partial charge in [-0.2, -0.15) is 10.5 Å². The van der Waals surface area contributed by atoms with Crippen molar-refractivity contribution in [3.63, 3.8) is 0 Å². The van der Waals surface area contributed by atoms with Gasteiger partial charge in [-0.1, -0.05) is 85.8 Å². The normalized spacial score (nSPS) is 12.0. The molecule has 0 atom stereocenters. The third kappa shape index (κ3) is 4.50. The van der Waals surface area contributed by atoms with Crippen LogP contribution in [0.2, 0.25) is 0 Å². The number of benzene rings is 7. The van der Waals surface area contributed by atoms with Crippen molar-refractivity contribution in [2.45, 2.75) is 20.3 Å². The zero-order valence-corrected chi connectivity index (χ0v) is 31.3. The zero-order valence-electron chi connectivity index (χ0n) is 31.3. The van der Waals surface area contributed by atoms with Gasteiger partial charge in [-0.15, -0.1) is 0 Å². The summed E-state index contributed by atoms with van der Waals surface area (Å²) < 4.78 is 13.6. The van der Waals surface area contributed by atoms with Gasteiger partial charge in [0.2, 0.25) is 0 Å². The van der Waals surface area contributed by atoms with Crippen LogP contribution in [-0.4, -0.2) is 13.7 Å². The average Bonchev–Trinajstić information content (AvgIpc) is 3.99. The van der Waals surface area contributed by atoms with Gasteiger partial charge in [0.25, 0.3) is 0 Å². The summed E-state index contributed by atoms with van der Waals surface area (Å²) in [6.07, 6.45) is 5.04. The molecule has 4 aromatic heterocycles. The molecule has 0 fully saturated rings. The Morgan fingerprint density at radius 1 is 0.544 bits per heavy atom. The van der Waals surface area contributed by atoms with Gasteiger partial charge in [0, 0.05) is 43.7 Å². The quantitative estimate of drug-likeness (QED) is 0.177. The van der Waals surface area contributed by atoms with E-state index in [0.717, 1.165) is 94.9 Å². The maximum Gasteiger partial charge on any atom is 0.145 e. The summed E-state index contributed by atoms with van der Waals surface area (Å²) in [6.45, 7) is 4.21. The van der Waals surface area contributed by atoms with Crippen molar-refractivity contribution in [1.29, 1.82) is 10.5 Å². The standard InChI is InChI=1S/C51H33N5O/c1-3-13-41-34(4-2)35-14-5-11-20-44(35)55(41)47-26-31(29-52)32(30-53)27-48(47)56-45-24-22-33(54-42-18-9-6-15-36(42)37-16-7-10-19-43(37)54)28-40(45)50-46(56)25-23-39-38-17-8-12-21-49(38)57-51(39)50/h3,5-28H,4H2,1-2H3/b13-3-. The molecule has 11 aromatic rings. The van der Waals surface area contributed by atoms with E-state index in [4.69, 9.17) is 4.42 Å². The van der Waals surface area contributed by atoms with Gasteiger partial charge >= 0.3 is 0 Å². The van der Waals surface area contributed by atoms with Crippen molar-refractivity contribution < 1.29 is 4.42 Å². The lowest BCUT2D eigenvalue weighted by Gasteiger charge is -2.19. The second-order valence-corrected chi connectivity index (χ2v) is 14.5. The van der Waals surface area contributed by atoms with E-state index in [2.05, 4.69) is 154 Å². The first-order valence-corrected chi connectivity index (χ1v) is 19.2. The van der Waals surface area contributed by atoms with Crippen LogP contribution in [0.3, 0.4) is 0 Å². The fourth-order valence-electron chi connectivity index (χ4n) is 9.28. The van der Waals surface area contributed by atoms with Crippen LogP contribution in [0.5, 0.6) is 0 Å². The smallest absolute Gasteiger partial charge is 0.145 e. The van der Waals surface area contributed by atoms with Crippen LogP contribution in [0.25, 0.3) is 99.6 Å². The average molecular weight is 732 g/mol. The predicted octanol–water partition coefficient (Wildman–Crippen LogP) is 13.1. The Labute approximate surface area is 327 Å². The van der Waals surface area contributed by atoms with E-state index < -0.39 is 0 Å². The highest BCUT2D eigenvalue weighted by Gasteiger charge is 2.25. The molecule has 0 bridgehead atoms. The molecular weight excluding hydrogens is 699 g/mol. The molecule has 0 aliphatic carbocycles. The van der Waals surface area contributed by atoms with Crippen molar-refractivity contribution >= 4 is 82.5 Å². The molecule has 0 radical (unpaired) electrons. The van der Waals surface area contributed by atoms with Crippen molar-refractivity contribution in [3.8, 4) is 29.2 Å². The van der Waals surface area contributed by atoms with Crippen LogP contribution in [0, 0.1) is 22.7 Å². The molecule has 6 heteroatoms. The molecule has 0 aliphatic heterocycles. The van der Waals surface area contributed by atoms with E-state index in [1.807, 2.05) is 37.3 Å². The van der Waals surface area contributed by atoms with E-state index in [9.17, 15) is 10.5 Å². The highest BCUT2D eigenvalue weighted by Crippen LogP contribution is 2.44. The SMILES string of the molecule is C/C=C\c1c(CC)c2ccccc2n1-c1cc(C#N)c(C#N)cc1-n1c2ccc(-n3c4ccccc4c4ccccc43)cc2c2c3oc4ccccc4c3ccc21. The summed E-state index contributed by atoms with van der Waals surface area (Å²) in [4.78, 5) is 0. The molecule has 11 rings (SSSR count). The zero-order chi connectivity index (χ0) is 38.4. The number of para-hydroxylation sites is 4. The van der Waals surface area contributed by atoms with Gasteiger partial charge in [0.1, 0.15) is 23.3 Å². The van der Waals surface area contributed by atoms with E-state index in [1.165, 1.54) is 16.3 Å². The van der Waals surface area contributed by atoms with Gasteiger partial charge in [0.15, 0.2) is 0 Å². The number of aromatic nitrogens is 3. The first-order chi connectivity index (χ1) is 28.1. The summed E-state index contributed by atoms with van der Waals surface area (Å²) in [6, 6.07) is 53.2. The number of hydrogen-bond donors (Lipinski definition) is 0. The monoisotopic (exact) mass is 731 g/mol. The predicted molar refractivity (Wildman–Crippen MR) is 233 cm³/mol. The van der Waals surface area contributed by atoms with Crippen molar-refractivity contribution in [1.82, 2.24) is 13.7 Å². The van der Waals surface area contributed by atoms with Gasteiger partial charge in [-0.25, -0.2) is 0 Å². The van der Waals surface area contributed by atoms with Crippen LogP contribution in [-0.2, 0) is 6.42 Å². The number of furan rings is 1. The molecule has 6 nitrogen and oxygen atoms in total. The number of rotatable bonds is 5. The van der Waals surface area contributed by atoms with Crippen molar-refractivity contribution in [2.75, 3.05) is 0 Å². The van der Waals surface area contributed by atoms with Gasteiger partial charge in [0.05, 0.1) is 55.5 Å². The molecule has 4 heterocycles. The minimum atomic E-state index is 0.317. The molecule has 0 unspecified atom stereocenters. The van der Waals surface area contributed by atoms with Crippen molar-refractivity contribution in [3.05, 3.63) is 168 Å². The van der Waals surface area contributed by atoms with Crippen molar-refractivity contribution in [2.24, 2.45) is 0 Å². The van der Waals surface area contributed by atoms with Gasteiger partial charge in [-0.05, 0) is 91.7 Å². The minimum absolute atomic E-state index is 0.317. The largest absolute Gasteiger partial charge is 0.455 e. The second-order valence-electron chi connectivity index (χ2n) is 14.5. The van der Waals surface area contributed by atoms with E-state index >= 15 is 0 Å². The highest BCUT2D eigenvalue weighted by atomic mass is 16.3. The van der Waals surface area contributed by atoms with Gasteiger partial charge < -0.3 is 18.1 Å². The third-order valence-electron chi connectivity index (χ3n) is 11.6. The maximum absolute atomic E-state index is 10.5. The van der Waals surface area contributed by atoms with Crippen LogP contribution in [0.1, 0.15) is 36.2 Å². The molecule has 0 amide bonds. The van der Waals surface area contributed by atoms with E-state index in [0.29, 0.717) is 11.1 Å². The number of hydrogen-bond acceptors (Lipinski definition) is 3. The molecule has 268 valence electrons. The summed E-state index contributed by atoms with van der Waals surface area (Å²) in [5, 5.41) is 28.6. The summed E-state index contributed by atoms with van der Waals surface area (Å²) in [7, 11) is 0. The number of fused-ring (bicyclic) bond motifs is 11. The fraction of sp³-hybridized carbons (Fsp3) is 0.0588. The lowest BCUT2D eigenvalue weighted by atomic mass is 10.1. The Hall–Kier alpha value is -7.80. The van der Waals surface area contributed by atoms with Crippen LogP contribution >= 0.6 is 0 Å².